The van der Waals surface area contributed by atoms with Crippen molar-refractivity contribution in [1.82, 2.24) is 20.7 Å². The molecule has 0 radical (unpaired) electrons. The lowest BCUT2D eigenvalue weighted by Gasteiger charge is -2.47. The van der Waals surface area contributed by atoms with Gasteiger partial charge in [0, 0.05) is 42.4 Å². The van der Waals surface area contributed by atoms with Crippen LogP contribution in [-0.2, 0) is 4.79 Å². The number of nitrogens with one attached hydrogen (secondary N) is 3. The molecule has 1 aromatic carbocycles. The van der Waals surface area contributed by atoms with Crippen LogP contribution in [0.25, 0.3) is 0 Å². The molecule has 8 heteroatoms. The Balaban J connectivity index is 1.41. The number of para-hydroxylation sites is 1. The summed E-state index contributed by atoms with van der Waals surface area (Å²) < 4.78 is 0.858. The zero-order chi connectivity index (χ0) is 18.4. The average Bonchev–Trinajstić information content (AvgIpc) is 3.14. The van der Waals surface area contributed by atoms with Crippen LogP contribution in [0, 0.1) is 0 Å². The predicted octanol–water partition coefficient (Wildman–Crippen LogP) is 1.78. The summed E-state index contributed by atoms with van der Waals surface area (Å²) in [6.07, 6.45) is 6.42. The fourth-order valence-electron chi connectivity index (χ4n) is 4.09. The monoisotopic (exact) mass is 428 g/mol. The molecular weight excluding hydrogens is 408 g/mol. The maximum atomic E-state index is 12.9. The minimum atomic E-state index is -0.132. The number of fused-ring (bicyclic) bond motifs is 4. The molecule has 3 fully saturated rings. The fraction of sp³-hybridized carbons (Fsp3) is 0.368. The summed E-state index contributed by atoms with van der Waals surface area (Å²) in [5, 5.41) is 8.38. The van der Waals surface area contributed by atoms with E-state index in [2.05, 4.69) is 36.9 Å². The maximum absolute atomic E-state index is 12.9. The van der Waals surface area contributed by atoms with E-state index in [0.717, 1.165) is 29.1 Å². The molecule has 1 aromatic rings. The van der Waals surface area contributed by atoms with E-state index >= 15 is 0 Å². The van der Waals surface area contributed by atoms with E-state index in [-0.39, 0.29) is 5.91 Å². The number of amides is 1. The van der Waals surface area contributed by atoms with Crippen LogP contribution in [0.5, 0.6) is 0 Å². The van der Waals surface area contributed by atoms with Gasteiger partial charge in [0.05, 0.1) is 11.3 Å². The molecule has 0 aliphatic carbocycles. The normalized spacial score (nSPS) is 26.3. The number of halogens is 1. The van der Waals surface area contributed by atoms with E-state index in [1.807, 2.05) is 41.6 Å². The van der Waals surface area contributed by atoms with E-state index < -0.39 is 0 Å². The van der Waals surface area contributed by atoms with Crippen molar-refractivity contribution < 1.29 is 4.79 Å². The third kappa shape index (κ3) is 3.07. The maximum Gasteiger partial charge on any atom is 0.256 e. The van der Waals surface area contributed by atoms with Gasteiger partial charge in [0.2, 0.25) is 0 Å². The molecule has 2 atom stereocenters. The van der Waals surface area contributed by atoms with Crippen molar-refractivity contribution in [1.29, 1.82) is 0 Å². The Labute approximate surface area is 166 Å². The molecule has 140 valence electrons. The molecule has 5 heterocycles. The van der Waals surface area contributed by atoms with Crippen molar-refractivity contribution in [2.75, 3.05) is 25.0 Å². The minimum Gasteiger partial charge on any atom is -0.351 e. The first-order chi connectivity index (χ1) is 13.2. The van der Waals surface area contributed by atoms with E-state index in [9.17, 15) is 4.79 Å². The van der Waals surface area contributed by atoms with E-state index in [1.165, 1.54) is 12.8 Å². The van der Waals surface area contributed by atoms with Crippen molar-refractivity contribution in [2.24, 2.45) is 4.99 Å². The van der Waals surface area contributed by atoms with Gasteiger partial charge in [0.25, 0.3) is 5.91 Å². The number of rotatable bonds is 2. The molecular formula is C19H21BrN6O. The molecule has 5 aliphatic rings. The molecule has 1 amide bonds. The largest absolute Gasteiger partial charge is 0.351 e. The summed E-state index contributed by atoms with van der Waals surface area (Å²) in [6, 6.07) is 8.63. The summed E-state index contributed by atoms with van der Waals surface area (Å²) in [5.74, 6) is 1.51. The van der Waals surface area contributed by atoms with Gasteiger partial charge in [-0.1, -0.05) is 12.1 Å². The van der Waals surface area contributed by atoms with Crippen molar-refractivity contribution in [3.05, 3.63) is 52.4 Å². The summed E-state index contributed by atoms with van der Waals surface area (Å²) in [5.41, 5.74) is 4.61. The van der Waals surface area contributed by atoms with Crippen LogP contribution in [0.4, 0.5) is 5.69 Å². The molecule has 7 nitrogen and oxygen atoms in total. The molecule has 0 spiro atoms. The van der Waals surface area contributed by atoms with Crippen molar-refractivity contribution in [2.45, 2.75) is 24.9 Å². The van der Waals surface area contributed by atoms with E-state index in [0.29, 0.717) is 30.0 Å². The molecule has 3 saturated heterocycles. The van der Waals surface area contributed by atoms with Crippen molar-refractivity contribution in [3.8, 4) is 0 Å². The summed E-state index contributed by atoms with van der Waals surface area (Å²) in [6.45, 7) is 2.45. The third-order valence-electron chi connectivity index (χ3n) is 5.56. The Hall–Kier alpha value is -2.16. The molecule has 6 rings (SSSR count). The van der Waals surface area contributed by atoms with Gasteiger partial charge >= 0.3 is 0 Å². The number of hydrogen-bond donors (Lipinski definition) is 3. The average molecular weight is 429 g/mol. The molecule has 27 heavy (non-hydrogen) atoms. The number of piperazine rings is 1. The quantitative estimate of drug-likeness (QED) is 0.669. The van der Waals surface area contributed by atoms with Crippen molar-refractivity contribution in [3.63, 3.8) is 0 Å². The predicted molar refractivity (Wildman–Crippen MR) is 108 cm³/mol. The number of benzene rings is 1. The number of amidine groups is 1. The van der Waals surface area contributed by atoms with Crippen LogP contribution >= 0.6 is 15.9 Å². The Kier molecular flexibility index (Phi) is 4.26. The number of hydrogen-bond acceptors (Lipinski definition) is 6. The zero-order valence-electron chi connectivity index (χ0n) is 14.8. The van der Waals surface area contributed by atoms with Gasteiger partial charge in [-0.05, 0) is 47.0 Å². The Morgan fingerprint density at radius 2 is 2.19 bits per heavy atom. The highest BCUT2D eigenvalue weighted by Crippen LogP contribution is 2.28. The Morgan fingerprint density at radius 1 is 1.30 bits per heavy atom. The van der Waals surface area contributed by atoms with Crippen molar-refractivity contribution >= 4 is 33.4 Å². The molecule has 2 unspecified atom stereocenters. The van der Waals surface area contributed by atoms with Crippen LogP contribution in [0.15, 0.2) is 57.4 Å². The Morgan fingerprint density at radius 3 is 2.93 bits per heavy atom. The van der Waals surface area contributed by atoms with Crippen LogP contribution in [-0.4, -0.2) is 53.4 Å². The smallest absolute Gasteiger partial charge is 0.256 e. The minimum absolute atomic E-state index is 0.132. The number of nitrogens with zero attached hydrogens (tertiary/aromatic N) is 3. The number of carbonyl (C=O) groups is 1. The molecule has 0 saturated carbocycles. The highest BCUT2D eigenvalue weighted by atomic mass is 79.9. The first kappa shape index (κ1) is 17.0. The second-order valence-electron chi connectivity index (χ2n) is 7.22. The number of piperidine rings is 2. The van der Waals surface area contributed by atoms with Gasteiger partial charge < -0.3 is 15.5 Å². The van der Waals surface area contributed by atoms with Crippen LogP contribution in [0.3, 0.4) is 0 Å². The van der Waals surface area contributed by atoms with E-state index in [1.54, 1.807) is 0 Å². The second-order valence-corrected chi connectivity index (χ2v) is 8.07. The van der Waals surface area contributed by atoms with Gasteiger partial charge in [-0.15, -0.1) is 0 Å². The highest BCUT2D eigenvalue weighted by molar-refractivity contribution is 9.10. The first-order valence-electron chi connectivity index (χ1n) is 9.28. The topological polar surface area (TPSA) is 72.0 Å². The lowest BCUT2D eigenvalue weighted by atomic mass is 9.93. The lowest BCUT2D eigenvalue weighted by molar-refractivity contribution is -0.112. The molecule has 0 aromatic heterocycles. The number of aliphatic imine (C=N–C) groups is 1. The van der Waals surface area contributed by atoms with Crippen LogP contribution in [0.2, 0.25) is 0 Å². The molecule has 2 bridgehead atoms. The molecule has 5 aliphatic heterocycles. The molecule has 3 N–H and O–H groups in total. The van der Waals surface area contributed by atoms with Gasteiger partial charge in [0.1, 0.15) is 5.84 Å². The standard InChI is InChI=1S/C19H21BrN6O/c20-15-3-1-2-4-16(15)23-19(27)14-10-22-26-8-7-17(24-18(14)26)25-11-12-5-6-13(25)9-21-12/h1-4,7-8,12-13,21-22H,5-6,9-11H2,(H,23,27). The van der Waals surface area contributed by atoms with Crippen LogP contribution in [0.1, 0.15) is 12.8 Å². The summed E-state index contributed by atoms with van der Waals surface area (Å²) in [7, 11) is 0. The van der Waals surface area contributed by atoms with E-state index in [4.69, 9.17) is 4.99 Å². The lowest BCUT2D eigenvalue weighted by Crippen LogP contribution is -2.62. The zero-order valence-corrected chi connectivity index (χ0v) is 16.4. The first-order valence-corrected chi connectivity index (χ1v) is 10.1. The summed E-state index contributed by atoms with van der Waals surface area (Å²) >= 11 is 3.47. The van der Waals surface area contributed by atoms with Gasteiger partial charge in [-0.2, -0.15) is 0 Å². The second kappa shape index (κ2) is 6.78. The van der Waals surface area contributed by atoms with Gasteiger partial charge in [-0.25, -0.2) is 10.4 Å². The van der Waals surface area contributed by atoms with Gasteiger partial charge in [-0.3, -0.25) is 9.80 Å². The fourth-order valence-corrected chi connectivity index (χ4v) is 4.47. The third-order valence-corrected chi connectivity index (χ3v) is 6.25. The highest BCUT2D eigenvalue weighted by Gasteiger charge is 2.36. The SMILES string of the molecule is O=C(Nc1ccccc1Br)C1=C2N=C(N3CC4CCC3CN4)C=CN2NC1. The summed E-state index contributed by atoms with van der Waals surface area (Å²) in [4.78, 5) is 20.1. The number of anilines is 1. The Bertz CT molecular complexity index is 871. The number of hydrazine groups is 1. The van der Waals surface area contributed by atoms with Gasteiger partial charge in [0.15, 0.2) is 5.82 Å². The van der Waals surface area contributed by atoms with Crippen LogP contribution < -0.4 is 16.1 Å². The number of carbonyl (C=O) groups excluding carboxylic acids is 1.